The van der Waals surface area contributed by atoms with Crippen molar-refractivity contribution >= 4 is 17.6 Å². The smallest absolute Gasteiger partial charge is 0.0973 e. The lowest BCUT2D eigenvalue weighted by molar-refractivity contribution is 1.31. The van der Waals surface area contributed by atoms with Crippen LogP contribution in [-0.2, 0) is 0 Å². The molecule has 0 amide bonds. The van der Waals surface area contributed by atoms with E-state index in [1.807, 2.05) is 12.1 Å². The van der Waals surface area contributed by atoms with Crippen LogP contribution in [0.2, 0.25) is 0 Å². The molecule has 1 aromatic rings. The Bertz CT molecular complexity index is 171. The number of nitrogens with zero attached hydrogens (tertiary/aromatic N) is 1. The zero-order valence-electron chi connectivity index (χ0n) is 4.16. The molecule has 2 heteroatoms. The van der Waals surface area contributed by atoms with Crippen molar-refractivity contribution in [1.29, 1.82) is 0 Å². The first-order chi connectivity index (χ1) is 3.93. The average Bonchev–Trinajstić information content (AvgIpc) is 1.90. The van der Waals surface area contributed by atoms with Gasteiger partial charge in [-0.15, -0.1) is 0 Å². The van der Waals surface area contributed by atoms with E-state index in [-0.39, 0.29) is 0 Å². The molecule has 0 aliphatic carbocycles. The molecule has 1 nitrogen and oxygen atoms in total. The monoisotopic (exact) mass is 122 g/mol. The van der Waals surface area contributed by atoms with Gasteiger partial charge in [0.15, 0.2) is 0 Å². The van der Waals surface area contributed by atoms with Crippen LogP contribution in [0.1, 0.15) is 5.56 Å². The molecule has 1 heterocycles. The third kappa shape index (κ3) is 1.10. The number of hydrogen-bond donors (Lipinski definition) is 0. The standard InChI is InChI=1S/C6H4NS/c8-5-6-2-1-3-7-4-6/h1-3,5H. The van der Waals surface area contributed by atoms with Gasteiger partial charge in [-0.05, 0) is 6.07 Å². The number of rotatable bonds is 1. The SMILES string of the molecule is S=Cc1[c]nccc1. The van der Waals surface area contributed by atoms with E-state index in [2.05, 4.69) is 23.4 Å². The zero-order valence-corrected chi connectivity index (χ0v) is 4.98. The molecular weight excluding hydrogens is 118 g/mol. The summed E-state index contributed by atoms with van der Waals surface area (Å²) in [5, 5.41) is 1.55. The summed E-state index contributed by atoms with van der Waals surface area (Å²) in [4.78, 5) is 3.73. The Balaban J connectivity index is 2.99. The van der Waals surface area contributed by atoms with Gasteiger partial charge in [-0.25, -0.2) is 0 Å². The molecule has 8 heavy (non-hydrogen) atoms. The molecule has 0 aliphatic rings. The van der Waals surface area contributed by atoms with Gasteiger partial charge in [0.05, 0.1) is 6.20 Å². The Kier molecular flexibility index (Phi) is 1.70. The molecule has 0 spiro atoms. The summed E-state index contributed by atoms with van der Waals surface area (Å²) in [6, 6.07) is 3.69. The lowest BCUT2D eigenvalue weighted by Crippen LogP contribution is -1.77. The van der Waals surface area contributed by atoms with E-state index in [9.17, 15) is 0 Å². The van der Waals surface area contributed by atoms with E-state index >= 15 is 0 Å². The highest BCUT2D eigenvalue weighted by atomic mass is 32.1. The molecule has 1 rings (SSSR count). The molecule has 0 N–H and O–H groups in total. The number of hydrogen-bond acceptors (Lipinski definition) is 2. The Morgan fingerprint density at radius 2 is 2.62 bits per heavy atom. The van der Waals surface area contributed by atoms with Crippen LogP contribution in [-0.4, -0.2) is 10.4 Å². The zero-order chi connectivity index (χ0) is 5.82. The minimum absolute atomic E-state index is 0.863. The summed E-state index contributed by atoms with van der Waals surface area (Å²) in [6.45, 7) is 0. The maximum atomic E-state index is 4.62. The van der Waals surface area contributed by atoms with Crippen LogP contribution >= 0.6 is 12.2 Å². The van der Waals surface area contributed by atoms with Gasteiger partial charge in [0.1, 0.15) is 0 Å². The van der Waals surface area contributed by atoms with Crippen molar-refractivity contribution in [2.45, 2.75) is 0 Å². The van der Waals surface area contributed by atoms with E-state index in [0.717, 1.165) is 5.56 Å². The highest BCUT2D eigenvalue weighted by Gasteiger charge is 1.79. The third-order valence-electron chi connectivity index (χ3n) is 0.757. The Morgan fingerprint density at radius 3 is 3.00 bits per heavy atom. The molecule has 39 valence electrons. The molecule has 0 saturated heterocycles. The molecule has 1 radical (unpaired) electrons. The van der Waals surface area contributed by atoms with Crippen LogP contribution in [0.5, 0.6) is 0 Å². The molecule has 0 bridgehead atoms. The maximum absolute atomic E-state index is 4.62. The van der Waals surface area contributed by atoms with Gasteiger partial charge in [-0.1, -0.05) is 18.3 Å². The van der Waals surface area contributed by atoms with Gasteiger partial charge in [-0.2, -0.15) is 0 Å². The first-order valence-electron chi connectivity index (χ1n) is 2.21. The van der Waals surface area contributed by atoms with Gasteiger partial charge in [-0.3, -0.25) is 4.98 Å². The van der Waals surface area contributed by atoms with Crippen molar-refractivity contribution in [3.05, 3.63) is 30.1 Å². The van der Waals surface area contributed by atoms with Crippen molar-refractivity contribution in [2.24, 2.45) is 0 Å². The molecule has 0 unspecified atom stereocenters. The molecule has 1 aromatic heterocycles. The molecule has 0 saturated carbocycles. The van der Waals surface area contributed by atoms with Crippen LogP contribution < -0.4 is 0 Å². The summed E-state index contributed by atoms with van der Waals surface area (Å²) in [7, 11) is 0. The Hall–Kier alpha value is -0.760. The second kappa shape index (κ2) is 2.52. The first kappa shape index (κ1) is 5.38. The minimum Gasteiger partial charge on any atom is -0.254 e. The third-order valence-corrected chi connectivity index (χ3v) is 1.01. The van der Waals surface area contributed by atoms with E-state index < -0.39 is 0 Å². The summed E-state index contributed by atoms with van der Waals surface area (Å²) in [6.07, 6.45) is 4.38. The molecular formula is C6H4NS. The van der Waals surface area contributed by atoms with E-state index in [1.54, 1.807) is 11.6 Å². The average molecular weight is 122 g/mol. The summed E-state index contributed by atoms with van der Waals surface area (Å²) in [5.74, 6) is 0. The lowest BCUT2D eigenvalue weighted by Gasteiger charge is -1.82. The fourth-order valence-electron chi connectivity index (χ4n) is 0.404. The number of thiocarbonyl (C=S) groups is 1. The lowest BCUT2D eigenvalue weighted by atomic mass is 10.3. The number of aromatic nitrogens is 1. The summed E-state index contributed by atoms with van der Waals surface area (Å²) in [5.41, 5.74) is 0.863. The fraction of sp³-hybridized carbons (Fsp3) is 0. The fourth-order valence-corrected chi connectivity index (χ4v) is 0.536. The largest absolute Gasteiger partial charge is 0.254 e. The van der Waals surface area contributed by atoms with Crippen LogP contribution in [0.4, 0.5) is 0 Å². The van der Waals surface area contributed by atoms with Crippen LogP contribution in [0, 0.1) is 6.20 Å². The summed E-state index contributed by atoms with van der Waals surface area (Å²) >= 11 is 4.62. The van der Waals surface area contributed by atoms with Crippen LogP contribution in [0.3, 0.4) is 0 Å². The maximum Gasteiger partial charge on any atom is 0.0973 e. The Labute approximate surface area is 53.4 Å². The predicted octanol–water partition coefficient (Wildman–Crippen LogP) is 1.23. The van der Waals surface area contributed by atoms with Crippen molar-refractivity contribution in [2.75, 3.05) is 0 Å². The first-order valence-corrected chi connectivity index (χ1v) is 2.68. The van der Waals surface area contributed by atoms with Crippen molar-refractivity contribution in [3.8, 4) is 0 Å². The number of pyridine rings is 1. The van der Waals surface area contributed by atoms with Gasteiger partial charge in [0.2, 0.25) is 0 Å². The predicted molar refractivity (Wildman–Crippen MR) is 35.8 cm³/mol. The highest BCUT2D eigenvalue weighted by molar-refractivity contribution is 7.79. The second-order valence-electron chi connectivity index (χ2n) is 1.32. The van der Waals surface area contributed by atoms with E-state index in [0.29, 0.717) is 0 Å². The van der Waals surface area contributed by atoms with Crippen molar-refractivity contribution < 1.29 is 0 Å². The Morgan fingerprint density at radius 1 is 1.75 bits per heavy atom. The van der Waals surface area contributed by atoms with Crippen molar-refractivity contribution in [1.82, 2.24) is 4.98 Å². The molecule has 0 aromatic carbocycles. The van der Waals surface area contributed by atoms with E-state index in [1.165, 1.54) is 0 Å². The summed E-state index contributed by atoms with van der Waals surface area (Å²) < 4.78 is 0. The second-order valence-corrected chi connectivity index (χ2v) is 1.56. The highest BCUT2D eigenvalue weighted by Crippen LogP contribution is 1.87. The van der Waals surface area contributed by atoms with E-state index in [4.69, 9.17) is 0 Å². The van der Waals surface area contributed by atoms with Crippen LogP contribution in [0.25, 0.3) is 0 Å². The van der Waals surface area contributed by atoms with Gasteiger partial charge < -0.3 is 0 Å². The normalized spacial score (nSPS) is 8.50. The van der Waals surface area contributed by atoms with Gasteiger partial charge in [0, 0.05) is 17.1 Å². The molecule has 0 atom stereocenters. The van der Waals surface area contributed by atoms with Crippen molar-refractivity contribution in [3.63, 3.8) is 0 Å². The molecule has 0 aliphatic heterocycles. The van der Waals surface area contributed by atoms with Gasteiger partial charge in [0.25, 0.3) is 0 Å². The van der Waals surface area contributed by atoms with Gasteiger partial charge >= 0.3 is 0 Å². The quantitative estimate of drug-likeness (QED) is 0.519. The van der Waals surface area contributed by atoms with Crippen LogP contribution in [0.15, 0.2) is 18.3 Å². The molecule has 0 fully saturated rings. The topological polar surface area (TPSA) is 12.9 Å². The minimum atomic E-state index is 0.863.